The van der Waals surface area contributed by atoms with Gasteiger partial charge in [0.05, 0.1) is 5.69 Å². The predicted octanol–water partition coefficient (Wildman–Crippen LogP) is 1.47. The zero-order valence-electron chi connectivity index (χ0n) is 11.6. The van der Waals surface area contributed by atoms with Gasteiger partial charge in [-0.1, -0.05) is 6.07 Å². The summed E-state index contributed by atoms with van der Waals surface area (Å²) in [6.45, 7) is 1.82. The second kappa shape index (κ2) is 6.00. The minimum atomic E-state index is -1.09. The Hall–Kier alpha value is -2.96. The molecule has 1 amide bonds. The summed E-state index contributed by atoms with van der Waals surface area (Å²) in [5.41, 5.74) is 1.35. The smallest absolute Gasteiger partial charge is 0.328 e. The number of nitrogens with zero attached hydrogens (tertiary/aromatic N) is 3. The van der Waals surface area contributed by atoms with Gasteiger partial charge in [-0.05, 0) is 19.1 Å². The maximum atomic E-state index is 12.2. The van der Waals surface area contributed by atoms with E-state index >= 15 is 0 Å². The molecule has 0 fully saturated rings. The molecule has 2 heterocycles. The van der Waals surface area contributed by atoms with Crippen molar-refractivity contribution < 1.29 is 14.7 Å². The van der Waals surface area contributed by atoms with Crippen LogP contribution in [0.4, 0.5) is 5.82 Å². The van der Waals surface area contributed by atoms with Gasteiger partial charge in [0.2, 0.25) is 0 Å². The Morgan fingerprint density at radius 2 is 2.19 bits per heavy atom. The first-order valence-electron chi connectivity index (χ1n) is 6.15. The van der Waals surface area contributed by atoms with Gasteiger partial charge in [-0.2, -0.15) is 5.10 Å². The second-order valence-electron chi connectivity index (χ2n) is 4.36. The van der Waals surface area contributed by atoms with Gasteiger partial charge in [-0.25, -0.2) is 4.79 Å². The fourth-order valence-electron chi connectivity index (χ4n) is 1.81. The lowest BCUT2D eigenvalue weighted by Crippen LogP contribution is -2.17. The molecular formula is C14H14N4O3. The number of aromatic nitrogens is 3. The fourth-order valence-corrected chi connectivity index (χ4v) is 1.81. The molecule has 2 rings (SSSR count). The van der Waals surface area contributed by atoms with Crippen molar-refractivity contribution >= 4 is 23.8 Å². The van der Waals surface area contributed by atoms with Crippen LogP contribution in [0.1, 0.15) is 21.7 Å². The zero-order chi connectivity index (χ0) is 15.4. The van der Waals surface area contributed by atoms with Gasteiger partial charge in [0.25, 0.3) is 5.91 Å². The normalized spacial score (nSPS) is 10.8. The molecule has 0 bridgehead atoms. The number of hydrogen-bond acceptors (Lipinski definition) is 4. The monoisotopic (exact) mass is 286 g/mol. The topological polar surface area (TPSA) is 97.1 Å². The Balaban J connectivity index is 2.27. The molecule has 108 valence electrons. The van der Waals surface area contributed by atoms with E-state index in [-0.39, 0.29) is 5.69 Å². The van der Waals surface area contributed by atoms with Crippen molar-refractivity contribution in [2.45, 2.75) is 6.92 Å². The minimum absolute atomic E-state index is 0.147. The molecule has 0 saturated carbocycles. The molecule has 0 radical (unpaired) electrons. The fraction of sp³-hybridized carbons (Fsp3) is 0.143. The maximum Gasteiger partial charge on any atom is 0.328 e. The lowest BCUT2D eigenvalue weighted by Gasteiger charge is -2.06. The number of carboxylic acid groups (broad SMARTS) is 1. The van der Waals surface area contributed by atoms with Crippen LogP contribution in [0.25, 0.3) is 6.08 Å². The van der Waals surface area contributed by atoms with Crippen LogP contribution in [0.5, 0.6) is 0 Å². The van der Waals surface area contributed by atoms with E-state index in [1.807, 2.05) is 6.92 Å². The summed E-state index contributed by atoms with van der Waals surface area (Å²) in [5, 5.41) is 15.5. The molecule has 2 aromatic heterocycles. The number of pyridine rings is 1. The van der Waals surface area contributed by atoms with Crippen LogP contribution in [-0.4, -0.2) is 31.7 Å². The molecule has 0 saturated heterocycles. The predicted molar refractivity (Wildman–Crippen MR) is 76.8 cm³/mol. The van der Waals surface area contributed by atoms with Gasteiger partial charge in [0, 0.05) is 31.0 Å². The third kappa shape index (κ3) is 3.53. The highest BCUT2D eigenvalue weighted by Crippen LogP contribution is 2.13. The van der Waals surface area contributed by atoms with Crippen LogP contribution in [0.3, 0.4) is 0 Å². The first-order chi connectivity index (χ1) is 9.97. The molecule has 0 aromatic carbocycles. The maximum absolute atomic E-state index is 12.2. The van der Waals surface area contributed by atoms with E-state index in [1.165, 1.54) is 12.3 Å². The summed E-state index contributed by atoms with van der Waals surface area (Å²) in [7, 11) is 1.71. The molecule has 21 heavy (non-hydrogen) atoms. The van der Waals surface area contributed by atoms with Crippen LogP contribution >= 0.6 is 0 Å². The summed E-state index contributed by atoms with van der Waals surface area (Å²) < 4.78 is 1.54. The van der Waals surface area contributed by atoms with E-state index in [9.17, 15) is 9.59 Å². The summed E-state index contributed by atoms with van der Waals surface area (Å²) in [5.74, 6) is -0.979. The Labute approximate surface area is 120 Å². The largest absolute Gasteiger partial charge is 0.478 e. The average Bonchev–Trinajstić information content (AvgIpc) is 2.74. The molecule has 7 nitrogen and oxygen atoms in total. The van der Waals surface area contributed by atoms with Crippen LogP contribution in [0.15, 0.2) is 30.5 Å². The van der Waals surface area contributed by atoms with Crippen molar-refractivity contribution in [2.75, 3.05) is 5.32 Å². The van der Waals surface area contributed by atoms with Gasteiger partial charge >= 0.3 is 5.97 Å². The van der Waals surface area contributed by atoms with Crippen molar-refractivity contribution in [3.8, 4) is 0 Å². The van der Waals surface area contributed by atoms with Crippen molar-refractivity contribution in [1.82, 2.24) is 14.8 Å². The quantitative estimate of drug-likeness (QED) is 0.830. The van der Waals surface area contributed by atoms with Crippen molar-refractivity contribution in [3.05, 3.63) is 47.4 Å². The highest BCUT2D eigenvalue weighted by molar-refractivity contribution is 6.05. The van der Waals surface area contributed by atoms with Crippen LogP contribution in [0.2, 0.25) is 0 Å². The van der Waals surface area contributed by atoms with Gasteiger partial charge in [-0.3, -0.25) is 14.5 Å². The molecule has 0 aliphatic rings. The molecule has 0 atom stereocenters. The first-order valence-corrected chi connectivity index (χ1v) is 6.15. The Kier molecular flexibility index (Phi) is 4.13. The standard InChI is InChI=1S/C14H14N4O3/c1-9-8-11(18(2)17-9)16-14(21)13-10(4-3-7-15-13)5-6-12(19)20/h3-8H,1-2H3,(H,16,21)(H,19,20)/b6-5+. The number of carbonyl (C=O) groups is 2. The van der Waals surface area contributed by atoms with Crippen molar-refractivity contribution in [1.29, 1.82) is 0 Å². The Morgan fingerprint density at radius 1 is 1.43 bits per heavy atom. The molecule has 0 aliphatic heterocycles. The number of aliphatic carboxylic acids is 1. The molecule has 0 unspecified atom stereocenters. The van der Waals surface area contributed by atoms with E-state index in [2.05, 4.69) is 15.4 Å². The lowest BCUT2D eigenvalue weighted by molar-refractivity contribution is -0.131. The molecule has 2 N–H and O–H groups in total. The molecule has 7 heteroatoms. The summed E-state index contributed by atoms with van der Waals surface area (Å²) in [6, 6.07) is 4.98. The lowest BCUT2D eigenvalue weighted by atomic mass is 10.1. The number of anilines is 1. The van der Waals surface area contributed by atoms with Crippen molar-refractivity contribution in [3.63, 3.8) is 0 Å². The summed E-state index contributed by atoms with van der Waals surface area (Å²) in [4.78, 5) is 26.8. The third-order valence-electron chi connectivity index (χ3n) is 2.70. The minimum Gasteiger partial charge on any atom is -0.478 e. The van der Waals surface area contributed by atoms with E-state index in [4.69, 9.17) is 5.11 Å². The zero-order valence-corrected chi connectivity index (χ0v) is 11.6. The van der Waals surface area contributed by atoms with Crippen LogP contribution in [0, 0.1) is 6.92 Å². The van der Waals surface area contributed by atoms with Crippen LogP contribution < -0.4 is 5.32 Å². The highest BCUT2D eigenvalue weighted by Gasteiger charge is 2.13. The van der Waals surface area contributed by atoms with Gasteiger partial charge in [0.15, 0.2) is 0 Å². The summed E-state index contributed by atoms with van der Waals surface area (Å²) >= 11 is 0. The van der Waals surface area contributed by atoms with Crippen molar-refractivity contribution in [2.24, 2.45) is 7.05 Å². The number of rotatable bonds is 4. The Bertz CT molecular complexity index is 719. The number of amides is 1. The third-order valence-corrected chi connectivity index (χ3v) is 2.70. The molecule has 2 aromatic rings. The summed E-state index contributed by atoms with van der Waals surface area (Å²) in [6.07, 6.45) is 3.77. The average molecular weight is 286 g/mol. The SMILES string of the molecule is Cc1cc(NC(=O)c2ncccc2/C=C/C(=O)O)n(C)n1. The first kappa shape index (κ1) is 14.4. The van der Waals surface area contributed by atoms with Gasteiger partial charge in [0.1, 0.15) is 11.5 Å². The number of nitrogens with one attached hydrogen (secondary N) is 1. The van der Waals surface area contributed by atoms with E-state index in [0.717, 1.165) is 11.8 Å². The van der Waals surface area contributed by atoms with E-state index < -0.39 is 11.9 Å². The molecular weight excluding hydrogens is 272 g/mol. The number of carboxylic acids is 1. The van der Waals surface area contributed by atoms with E-state index in [1.54, 1.807) is 29.9 Å². The number of carbonyl (C=O) groups excluding carboxylic acids is 1. The van der Waals surface area contributed by atoms with E-state index in [0.29, 0.717) is 11.4 Å². The molecule has 0 spiro atoms. The van der Waals surface area contributed by atoms with Crippen LogP contribution in [-0.2, 0) is 11.8 Å². The number of hydrogen-bond donors (Lipinski definition) is 2. The Morgan fingerprint density at radius 3 is 2.81 bits per heavy atom. The second-order valence-corrected chi connectivity index (χ2v) is 4.36. The highest BCUT2D eigenvalue weighted by atomic mass is 16.4. The molecule has 0 aliphatic carbocycles. The van der Waals surface area contributed by atoms with Gasteiger partial charge < -0.3 is 10.4 Å². The number of aryl methyl sites for hydroxylation is 2. The van der Waals surface area contributed by atoms with Gasteiger partial charge in [-0.15, -0.1) is 0 Å².